The normalized spacial score (nSPS) is 29.5. The number of nitrogens with one attached hydrogen (secondary N) is 2. The van der Waals surface area contributed by atoms with Gasteiger partial charge in [0.05, 0.1) is 96.6 Å². The smallest absolute Gasteiger partial charge is 0.306 e. The zero-order valence-corrected chi connectivity index (χ0v) is 68.0. The van der Waals surface area contributed by atoms with Crippen molar-refractivity contribution in [2.45, 2.75) is 245 Å². The monoisotopic (exact) mass is 1600 g/mol. The highest BCUT2D eigenvalue weighted by atomic mass is 35.5. The fourth-order valence-electron chi connectivity index (χ4n) is 16.4. The Balaban J connectivity index is 0.000000218. The molecular weight excluding hydrogens is 1490 g/mol. The van der Waals surface area contributed by atoms with E-state index in [1.165, 1.54) is 9.80 Å². The van der Waals surface area contributed by atoms with Crippen molar-refractivity contribution in [1.82, 2.24) is 29.2 Å². The maximum atomic E-state index is 14.8. The van der Waals surface area contributed by atoms with E-state index in [1.807, 2.05) is 64.1 Å². The Bertz CT molecular complexity index is 4140. The second kappa shape index (κ2) is 35.3. The summed E-state index contributed by atoms with van der Waals surface area (Å²) in [6, 6.07) is 12.3. The Kier molecular flexibility index (Phi) is 26.8. The maximum absolute atomic E-state index is 14.8. The third-order valence-electron chi connectivity index (χ3n) is 22.8. The Labute approximate surface area is 656 Å². The SMILES string of the molecule is CCCOc1cc2c(Cl)cccc2c(O[C@@H]2C[C@H]3C(=O)C[C@]4(C(=O)NS(=O)(=O)C5CC5)C[C@H]4/C=C\CC[C@@H](C)C[C@@H](C)[C@H](CC(=O)OC(C)C)C(=O)N3C2)n1.CCCOc1cc2c(Cl)cccc2c(O[C@@H]2C[C@H]3C(=O)C[C@]4(C(=O)NS(=O)(=O)C5CC5)C[C@H]4/C=C\CC[C@H](C)C[C@@H](C)[C@H](CC(=O)OC(C)C)C(=O)N3C2)n1. The van der Waals surface area contributed by atoms with Gasteiger partial charge in [-0.3, -0.25) is 47.8 Å². The van der Waals surface area contributed by atoms with Gasteiger partial charge in [-0.25, -0.2) is 16.8 Å². The third-order valence-corrected chi connectivity index (χ3v) is 27.1. The number of allylic oxidation sites excluding steroid dienone is 4. The summed E-state index contributed by atoms with van der Waals surface area (Å²) >= 11 is 13.2. The van der Waals surface area contributed by atoms with Crippen LogP contribution in [0.1, 0.15) is 198 Å². The molecule has 8 aliphatic rings. The third kappa shape index (κ3) is 20.1. The molecule has 4 saturated carbocycles. The van der Waals surface area contributed by atoms with E-state index in [1.54, 1.807) is 64.1 Å². The average Bonchev–Trinajstić information content (AvgIpc) is 1.58. The van der Waals surface area contributed by atoms with Crippen molar-refractivity contribution >= 4 is 112 Å². The number of aromatic nitrogens is 2. The molecule has 0 radical (unpaired) electrons. The van der Waals surface area contributed by atoms with Crippen LogP contribution in [0.2, 0.25) is 10.0 Å². The number of rotatable bonds is 22. The standard InChI is InChI=1S/2C41H54ClN3O9S/c2*1-6-16-52-36-19-32-30(12-9-13-33(32)42)38(43-36)54-28-18-34-35(46)22-41(40(49)44-55(50,51)29-14-15-29)21-27(41)11-8-7-10-25(4)17-26(5)31(39(48)45(34)23-28)20-37(47)53-24(2)3/h2*8-9,11-13,19,24-29,31,34H,6-7,10,14-18,20-23H2,1-5H3,(H,44,49)/b2*11-8-/t25-,26+,27+,28+,31-,34-,41+;25-,26-,27-,28-,31+,34+,41-/m01/s1. The largest absolute Gasteiger partial charge is 0.478 e. The van der Waals surface area contributed by atoms with Crippen molar-refractivity contribution in [2.75, 3.05) is 26.3 Å². The molecule has 4 aliphatic heterocycles. The summed E-state index contributed by atoms with van der Waals surface area (Å²) in [5, 5.41) is 2.37. The molecule has 4 aliphatic carbocycles. The van der Waals surface area contributed by atoms with E-state index >= 15 is 0 Å². The minimum atomic E-state index is -3.86. The molecule has 2 saturated heterocycles. The minimum absolute atomic E-state index is 0.0234. The molecule has 24 nitrogen and oxygen atoms in total. The highest BCUT2D eigenvalue weighted by molar-refractivity contribution is 7.91. The van der Waals surface area contributed by atoms with E-state index in [4.69, 9.17) is 51.6 Å². The van der Waals surface area contributed by atoms with Crippen LogP contribution in [0.5, 0.6) is 23.5 Å². The molecule has 6 heterocycles. The fraction of sp³-hybridized carbons (Fsp3) is 0.634. The maximum Gasteiger partial charge on any atom is 0.306 e. The Hall–Kier alpha value is -7.42. The first-order valence-electron chi connectivity index (χ1n) is 39.5. The number of sulfonamides is 2. The van der Waals surface area contributed by atoms with Crippen LogP contribution in [0.4, 0.5) is 0 Å². The van der Waals surface area contributed by atoms with Gasteiger partial charge in [0.25, 0.3) is 0 Å². The molecule has 6 fully saturated rings. The molecule has 2 N–H and O–H groups in total. The number of benzene rings is 2. The van der Waals surface area contributed by atoms with Gasteiger partial charge in [0.1, 0.15) is 12.2 Å². The molecule has 12 rings (SSSR count). The highest BCUT2D eigenvalue weighted by Gasteiger charge is 2.63. The number of pyridine rings is 2. The first kappa shape index (κ1) is 83.5. The summed E-state index contributed by atoms with van der Waals surface area (Å²) in [5.74, 6) is -4.89. The summed E-state index contributed by atoms with van der Waals surface area (Å²) in [6.07, 6.45) is 13.7. The van der Waals surface area contributed by atoms with Gasteiger partial charge in [0, 0.05) is 69.4 Å². The fourth-order valence-corrected chi connectivity index (χ4v) is 19.6. The van der Waals surface area contributed by atoms with Gasteiger partial charge in [-0.2, -0.15) is 9.97 Å². The number of ether oxygens (including phenoxy) is 6. The van der Waals surface area contributed by atoms with Crippen LogP contribution >= 0.6 is 23.2 Å². The molecule has 110 heavy (non-hydrogen) atoms. The summed E-state index contributed by atoms with van der Waals surface area (Å²) in [5.41, 5.74) is -2.52. The number of nitrogens with zero attached hydrogens (tertiary/aromatic N) is 4. The molecule has 0 bridgehead atoms. The minimum Gasteiger partial charge on any atom is -0.478 e. The van der Waals surface area contributed by atoms with Crippen molar-refractivity contribution in [1.29, 1.82) is 0 Å². The van der Waals surface area contributed by atoms with E-state index < -0.39 is 101 Å². The Morgan fingerprint density at radius 1 is 0.555 bits per heavy atom. The van der Waals surface area contributed by atoms with E-state index in [0.29, 0.717) is 108 Å². The zero-order chi connectivity index (χ0) is 79.3. The summed E-state index contributed by atoms with van der Waals surface area (Å²) in [6.45, 7) is 20.0. The Morgan fingerprint density at radius 2 is 0.936 bits per heavy atom. The predicted octanol–water partition coefficient (Wildman–Crippen LogP) is 13.1. The molecule has 4 aromatic rings. The number of carbonyl (C=O) groups is 8. The van der Waals surface area contributed by atoms with Crippen LogP contribution in [-0.4, -0.2) is 157 Å². The predicted molar refractivity (Wildman–Crippen MR) is 416 cm³/mol. The summed E-state index contributed by atoms with van der Waals surface area (Å²) in [4.78, 5) is 125. The number of hydrogen-bond acceptors (Lipinski definition) is 20. The molecule has 14 atom stereocenters. The van der Waals surface area contributed by atoms with Crippen LogP contribution in [0.15, 0.2) is 72.8 Å². The lowest BCUT2D eigenvalue weighted by Crippen LogP contribution is -2.47. The number of ketones is 2. The van der Waals surface area contributed by atoms with Crippen LogP contribution < -0.4 is 28.4 Å². The molecule has 2 aromatic carbocycles. The van der Waals surface area contributed by atoms with Crippen LogP contribution in [0.3, 0.4) is 0 Å². The van der Waals surface area contributed by atoms with Crippen molar-refractivity contribution in [3.8, 4) is 23.5 Å². The van der Waals surface area contributed by atoms with Gasteiger partial charge in [0.2, 0.25) is 67.2 Å². The molecule has 0 unspecified atom stereocenters. The van der Waals surface area contributed by atoms with Crippen LogP contribution in [0.25, 0.3) is 21.5 Å². The van der Waals surface area contributed by atoms with Crippen molar-refractivity contribution in [2.24, 2.45) is 58.2 Å². The van der Waals surface area contributed by atoms with Crippen LogP contribution in [0, 0.1) is 58.2 Å². The second-order valence-corrected chi connectivity index (χ2v) is 37.5. The van der Waals surface area contributed by atoms with E-state index in [2.05, 4.69) is 33.3 Å². The first-order chi connectivity index (χ1) is 52.2. The highest BCUT2D eigenvalue weighted by Crippen LogP contribution is 2.59. The number of Topliss-reactive ketones (excluding diaryl/α,β-unsaturated/α-hetero) is 2. The quantitative estimate of drug-likeness (QED) is 0.0545. The lowest BCUT2D eigenvalue weighted by atomic mass is 9.82. The summed E-state index contributed by atoms with van der Waals surface area (Å²) < 4.78 is 92.2. The zero-order valence-electron chi connectivity index (χ0n) is 64.8. The van der Waals surface area contributed by atoms with Gasteiger partial charge in [-0.1, -0.05) is 101 Å². The molecule has 600 valence electrons. The molecule has 28 heteroatoms. The number of fused-ring (bicyclic) bond motifs is 6. The van der Waals surface area contributed by atoms with Crippen molar-refractivity contribution in [3.63, 3.8) is 0 Å². The lowest BCUT2D eigenvalue weighted by molar-refractivity contribution is -0.154. The molecule has 2 aromatic heterocycles. The Morgan fingerprint density at radius 3 is 1.29 bits per heavy atom. The average molecular weight is 1600 g/mol. The van der Waals surface area contributed by atoms with E-state index in [9.17, 15) is 55.2 Å². The second-order valence-electron chi connectivity index (χ2n) is 32.8. The van der Waals surface area contributed by atoms with Crippen LogP contribution in [-0.2, 0) is 67.9 Å². The number of hydrogen-bond donors (Lipinski definition) is 2. The number of amides is 4. The number of halogens is 2. The van der Waals surface area contributed by atoms with Gasteiger partial charge in [-0.05, 0) is 177 Å². The first-order valence-corrected chi connectivity index (χ1v) is 43.4. The van der Waals surface area contributed by atoms with Gasteiger partial charge >= 0.3 is 11.9 Å². The lowest BCUT2D eigenvalue weighted by Gasteiger charge is -2.32. The van der Waals surface area contributed by atoms with E-state index in [0.717, 1.165) is 38.5 Å². The van der Waals surface area contributed by atoms with Crippen molar-refractivity contribution in [3.05, 3.63) is 82.9 Å². The summed E-state index contributed by atoms with van der Waals surface area (Å²) in [7, 11) is -7.72. The molecule has 0 spiro atoms. The van der Waals surface area contributed by atoms with Gasteiger partial charge in [0.15, 0.2) is 11.6 Å². The molecule has 4 amide bonds. The van der Waals surface area contributed by atoms with Gasteiger partial charge < -0.3 is 38.2 Å². The van der Waals surface area contributed by atoms with Gasteiger partial charge in [-0.15, -0.1) is 0 Å². The van der Waals surface area contributed by atoms with E-state index in [-0.39, 0.29) is 134 Å². The van der Waals surface area contributed by atoms with Crippen molar-refractivity contribution < 1.29 is 83.6 Å². The topological polar surface area (TPSA) is 317 Å². The number of carbonyl (C=O) groups excluding carboxylic acids is 8. The molecular formula is C82H108Cl2N6O18S2. The number of esters is 2.